The molecule has 136 valence electrons. The Morgan fingerprint density at radius 2 is 1.96 bits per heavy atom. The molecule has 0 unspecified atom stereocenters. The quantitative estimate of drug-likeness (QED) is 0.574. The second-order valence-electron chi connectivity index (χ2n) is 7.45. The van der Waals surface area contributed by atoms with Gasteiger partial charge in [0.15, 0.2) is 0 Å². The van der Waals surface area contributed by atoms with Crippen LogP contribution in [0.1, 0.15) is 35.3 Å². The predicted octanol–water partition coefficient (Wildman–Crippen LogP) is 3.61. The van der Waals surface area contributed by atoms with Gasteiger partial charge in [0.2, 0.25) is 0 Å². The van der Waals surface area contributed by atoms with Crippen LogP contribution in [0.4, 0.5) is 17.2 Å². The maximum absolute atomic E-state index is 13.0. The number of nitrogen functional groups attached to an aromatic ring is 1. The van der Waals surface area contributed by atoms with Crippen LogP contribution in [0, 0.1) is 0 Å². The number of amides is 1. The summed E-state index contributed by atoms with van der Waals surface area (Å²) in [5.74, 6) is 0.435. The molecule has 1 amide bonds. The largest absolute Gasteiger partial charge is 0.384 e. The van der Waals surface area contributed by atoms with E-state index in [9.17, 15) is 4.79 Å². The van der Waals surface area contributed by atoms with Crippen LogP contribution >= 0.6 is 0 Å². The molecule has 2 aliphatic rings. The van der Waals surface area contributed by atoms with Crippen molar-refractivity contribution in [1.82, 2.24) is 15.3 Å². The first-order valence-corrected chi connectivity index (χ1v) is 9.25. The second kappa shape index (κ2) is 5.87. The Bertz CT molecular complexity index is 1020. The van der Waals surface area contributed by atoms with Crippen LogP contribution in [0.2, 0.25) is 0 Å². The number of H-pyrrole nitrogens is 1. The summed E-state index contributed by atoms with van der Waals surface area (Å²) in [7, 11) is 0. The molecule has 1 aromatic carbocycles. The first kappa shape index (κ1) is 15.9. The van der Waals surface area contributed by atoms with Crippen molar-refractivity contribution < 1.29 is 4.79 Å². The van der Waals surface area contributed by atoms with Crippen LogP contribution in [0.3, 0.4) is 0 Å². The number of nitrogens with zero attached hydrogens (tertiary/aromatic N) is 1. The van der Waals surface area contributed by atoms with Gasteiger partial charge in [-0.25, -0.2) is 4.98 Å². The number of anilines is 3. The number of aromatic amines is 1. The number of nitrogens with one attached hydrogen (secondary N) is 3. The van der Waals surface area contributed by atoms with Gasteiger partial charge in [-0.3, -0.25) is 4.79 Å². The van der Waals surface area contributed by atoms with Gasteiger partial charge in [-0.15, -0.1) is 0 Å². The van der Waals surface area contributed by atoms with Crippen molar-refractivity contribution in [2.24, 2.45) is 0 Å². The summed E-state index contributed by atoms with van der Waals surface area (Å²) < 4.78 is 0. The lowest BCUT2D eigenvalue weighted by molar-refractivity contribution is 0.0795. The normalized spacial score (nSPS) is 17.1. The molecule has 0 radical (unpaired) electrons. The molecule has 0 saturated heterocycles. The number of aromatic nitrogens is 2. The topological polar surface area (TPSA) is 95.8 Å². The molecule has 1 saturated carbocycles. The van der Waals surface area contributed by atoms with E-state index >= 15 is 0 Å². The van der Waals surface area contributed by atoms with E-state index in [4.69, 9.17) is 5.73 Å². The van der Waals surface area contributed by atoms with Gasteiger partial charge in [-0.05, 0) is 43.5 Å². The van der Waals surface area contributed by atoms with Crippen molar-refractivity contribution in [3.05, 3.63) is 59.9 Å². The Hall–Kier alpha value is -3.28. The van der Waals surface area contributed by atoms with Gasteiger partial charge >= 0.3 is 0 Å². The van der Waals surface area contributed by atoms with E-state index in [2.05, 4.69) is 20.6 Å². The molecule has 6 nitrogen and oxygen atoms in total. The molecule has 3 aromatic rings. The number of para-hydroxylation sites is 1. The number of hydrogen-bond acceptors (Lipinski definition) is 4. The van der Waals surface area contributed by atoms with Crippen LogP contribution in [0.25, 0.3) is 11.3 Å². The average Bonchev–Trinajstić information content (AvgIpc) is 3.00. The molecule has 1 aliphatic heterocycles. The summed E-state index contributed by atoms with van der Waals surface area (Å²) in [6.07, 6.45) is 5.76. The Kier molecular flexibility index (Phi) is 3.47. The van der Waals surface area contributed by atoms with E-state index < -0.39 is 0 Å². The maximum Gasteiger partial charge on any atom is 0.255 e. The van der Waals surface area contributed by atoms with E-state index in [-0.39, 0.29) is 11.4 Å². The van der Waals surface area contributed by atoms with Crippen LogP contribution in [0.5, 0.6) is 0 Å². The van der Waals surface area contributed by atoms with Crippen LogP contribution in [-0.2, 0) is 6.42 Å². The minimum absolute atomic E-state index is 0.0149. The van der Waals surface area contributed by atoms with Gasteiger partial charge in [0, 0.05) is 35.1 Å². The lowest BCUT2D eigenvalue weighted by atomic mass is 9.71. The molecular weight excluding hydrogens is 338 g/mol. The van der Waals surface area contributed by atoms with E-state index in [1.165, 1.54) is 6.42 Å². The zero-order valence-electron chi connectivity index (χ0n) is 14.9. The summed E-state index contributed by atoms with van der Waals surface area (Å²) in [5, 5.41) is 6.69. The smallest absolute Gasteiger partial charge is 0.255 e. The highest BCUT2D eigenvalue weighted by Gasteiger charge is 2.44. The van der Waals surface area contributed by atoms with Crippen molar-refractivity contribution in [1.29, 1.82) is 0 Å². The molecule has 5 N–H and O–H groups in total. The summed E-state index contributed by atoms with van der Waals surface area (Å²) >= 11 is 0. The molecule has 5 rings (SSSR count). The minimum Gasteiger partial charge on any atom is -0.384 e. The van der Waals surface area contributed by atoms with Crippen LogP contribution < -0.4 is 16.4 Å². The molecule has 2 aromatic heterocycles. The SMILES string of the molecule is Nc1cc(-c2[nH]c3c(c2Nc2ccccc2)C(=O)NC2(CCC2)C3)ccn1. The zero-order chi connectivity index (χ0) is 18.4. The summed E-state index contributed by atoms with van der Waals surface area (Å²) in [4.78, 5) is 20.6. The fourth-order valence-corrected chi connectivity index (χ4v) is 4.14. The molecule has 3 heterocycles. The molecular formula is C21H21N5O. The molecule has 6 heteroatoms. The molecule has 27 heavy (non-hydrogen) atoms. The Labute approximate surface area is 157 Å². The number of carbonyl (C=O) groups is 1. The Morgan fingerprint density at radius 3 is 2.67 bits per heavy atom. The first-order chi connectivity index (χ1) is 13.1. The molecule has 1 spiro atoms. The van der Waals surface area contributed by atoms with Crippen molar-refractivity contribution in [3.8, 4) is 11.3 Å². The highest BCUT2D eigenvalue weighted by Crippen LogP contribution is 2.43. The van der Waals surface area contributed by atoms with Crippen molar-refractivity contribution in [3.63, 3.8) is 0 Å². The Morgan fingerprint density at radius 1 is 1.15 bits per heavy atom. The van der Waals surface area contributed by atoms with Crippen molar-refractivity contribution >= 4 is 23.1 Å². The third kappa shape index (κ3) is 2.65. The standard InChI is InChI=1S/C21H21N5O/c22-16-11-13(7-10-23-16)18-19(24-14-5-2-1-3-6-14)17-15(25-18)12-21(8-4-9-21)26-20(17)27/h1-3,5-7,10-11,24-25H,4,8-9,12H2,(H2,22,23)(H,26,27). The number of nitrogens with two attached hydrogens (primary N) is 1. The molecule has 0 bridgehead atoms. The average molecular weight is 359 g/mol. The van der Waals surface area contributed by atoms with E-state index in [0.717, 1.165) is 47.6 Å². The van der Waals surface area contributed by atoms with Crippen LogP contribution in [0.15, 0.2) is 48.7 Å². The minimum atomic E-state index is -0.0759. The number of fused-ring (bicyclic) bond motifs is 1. The van der Waals surface area contributed by atoms with E-state index in [0.29, 0.717) is 11.4 Å². The second-order valence-corrected chi connectivity index (χ2v) is 7.45. The molecule has 1 aliphatic carbocycles. The third-order valence-corrected chi connectivity index (χ3v) is 5.62. The maximum atomic E-state index is 13.0. The third-order valence-electron chi connectivity index (χ3n) is 5.62. The van der Waals surface area contributed by atoms with Crippen LogP contribution in [-0.4, -0.2) is 21.4 Å². The van der Waals surface area contributed by atoms with E-state index in [1.54, 1.807) is 6.20 Å². The fraction of sp³-hybridized carbons (Fsp3) is 0.238. The van der Waals surface area contributed by atoms with E-state index in [1.807, 2.05) is 42.5 Å². The number of rotatable bonds is 3. The Balaban J connectivity index is 1.66. The lowest BCUT2D eigenvalue weighted by Gasteiger charge is -2.45. The van der Waals surface area contributed by atoms with Gasteiger partial charge in [0.05, 0.1) is 16.9 Å². The number of benzene rings is 1. The van der Waals surface area contributed by atoms with Gasteiger partial charge in [-0.1, -0.05) is 18.2 Å². The highest BCUT2D eigenvalue weighted by molar-refractivity contribution is 6.06. The summed E-state index contributed by atoms with van der Waals surface area (Å²) in [5.41, 5.74) is 11.0. The number of pyridine rings is 1. The van der Waals surface area contributed by atoms with Gasteiger partial charge in [0.1, 0.15) is 5.82 Å². The van der Waals surface area contributed by atoms with Gasteiger partial charge in [-0.2, -0.15) is 0 Å². The predicted molar refractivity (Wildman–Crippen MR) is 106 cm³/mol. The monoisotopic (exact) mass is 359 g/mol. The van der Waals surface area contributed by atoms with Gasteiger partial charge < -0.3 is 21.4 Å². The number of carbonyl (C=O) groups excluding carboxylic acids is 1. The summed E-state index contributed by atoms with van der Waals surface area (Å²) in [6, 6.07) is 13.6. The van der Waals surface area contributed by atoms with Gasteiger partial charge in [0.25, 0.3) is 5.91 Å². The fourth-order valence-electron chi connectivity index (χ4n) is 4.14. The lowest BCUT2D eigenvalue weighted by Crippen LogP contribution is -2.57. The number of hydrogen-bond donors (Lipinski definition) is 4. The first-order valence-electron chi connectivity index (χ1n) is 9.25. The van der Waals surface area contributed by atoms with Crippen molar-refractivity contribution in [2.45, 2.75) is 31.2 Å². The summed E-state index contributed by atoms with van der Waals surface area (Å²) in [6.45, 7) is 0. The molecule has 1 fully saturated rings. The highest BCUT2D eigenvalue weighted by atomic mass is 16.2. The zero-order valence-corrected chi connectivity index (χ0v) is 14.9. The van der Waals surface area contributed by atoms with Crippen molar-refractivity contribution in [2.75, 3.05) is 11.1 Å². The molecule has 0 atom stereocenters.